The van der Waals surface area contributed by atoms with Gasteiger partial charge >= 0.3 is 0 Å². The Kier molecular flexibility index (Phi) is 6.44. The summed E-state index contributed by atoms with van der Waals surface area (Å²) < 4.78 is 5.25. The lowest BCUT2D eigenvalue weighted by molar-refractivity contribution is -0.143. The predicted octanol–water partition coefficient (Wildman–Crippen LogP) is 2.75. The van der Waals surface area contributed by atoms with Crippen molar-refractivity contribution in [1.82, 2.24) is 20.2 Å². The zero-order valence-electron chi connectivity index (χ0n) is 19.4. The van der Waals surface area contributed by atoms with Crippen LogP contribution in [0.1, 0.15) is 61.3 Å². The number of aromatic nitrogens is 2. The predicted molar refractivity (Wildman–Crippen MR) is 121 cm³/mol. The summed E-state index contributed by atoms with van der Waals surface area (Å²) in [6.45, 7) is 3.91. The van der Waals surface area contributed by atoms with Crippen molar-refractivity contribution < 1.29 is 19.1 Å². The fourth-order valence-corrected chi connectivity index (χ4v) is 5.06. The van der Waals surface area contributed by atoms with Crippen LogP contribution < -0.4 is 10.1 Å². The molecule has 4 rings (SSSR count). The van der Waals surface area contributed by atoms with E-state index in [0.717, 1.165) is 37.1 Å². The second-order valence-corrected chi connectivity index (χ2v) is 9.02. The fourth-order valence-electron chi connectivity index (χ4n) is 5.06. The Labute approximate surface area is 193 Å². The Balaban J connectivity index is 1.59. The van der Waals surface area contributed by atoms with E-state index >= 15 is 0 Å². The molecule has 8 nitrogen and oxygen atoms in total. The number of imide groups is 1. The zero-order chi connectivity index (χ0) is 23.6. The van der Waals surface area contributed by atoms with Gasteiger partial charge in [0, 0.05) is 30.3 Å². The van der Waals surface area contributed by atoms with Crippen molar-refractivity contribution in [3.8, 4) is 5.75 Å². The van der Waals surface area contributed by atoms with E-state index in [4.69, 9.17) is 4.74 Å². The average Bonchev–Trinajstić information content (AvgIpc) is 3.38. The summed E-state index contributed by atoms with van der Waals surface area (Å²) in [7, 11) is 1.57. The van der Waals surface area contributed by atoms with Crippen molar-refractivity contribution in [2.75, 3.05) is 7.11 Å². The van der Waals surface area contributed by atoms with Gasteiger partial charge in [-0.2, -0.15) is 0 Å². The van der Waals surface area contributed by atoms with Crippen LogP contribution in [0.5, 0.6) is 5.75 Å². The molecule has 2 fully saturated rings. The number of carbonyl (C=O) groups is 3. The first kappa shape index (κ1) is 22.9. The van der Waals surface area contributed by atoms with E-state index in [1.807, 2.05) is 19.9 Å². The van der Waals surface area contributed by atoms with Crippen LogP contribution >= 0.6 is 0 Å². The number of likely N-dealkylation sites (tertiary alicyclic amines) is 1. The SMILES string of the molecule is COc1ccc(C2(CC(=O)NCc3nc(C)cc(C)n3)CC(=O)N(C3CCCC3)C2=O)cc1. The van der Waals surface area contributed by atoms with E-state index in [1.165, 1.54) is 4.90 Å². The minimum Gasteiger partial charge on any atom is -0.497 e. The molecular weight excluding hydrogens is 420 g/mol. The molecule has 1 unspecified atom stereocenters. The van der Waals surface area contributed by atoms with Gasteiger partial charge in [0.1, 0.15) is 11.6 Å². The molecule has 0 bridgehead atoms. The molecule has 1 aromatic heterocycles. The van der Waals surface area contributed by atoms with Gasteiger partial charge in [0.2, 0.25) is 17.7 Å². The summed E-state index contributed by atoms with van der Waals surface area (Å²) in [6.07, 6.45) is 3.54. The lowest BCUT2D eigenvalue weighted by atomic mass is 9.75. The molecule has 1 N–H and O–H groups in total. The number of hydrogen-bond donors (Lipinski definition) is 1. The van der Waals surface area contributed by atoms with Crippen LogP contribution in [0.25, 0.3) is 0 Å². The van der Waals surface area contributed by atoms with Crippen molar-refractivity contribution in [2.45, 2.75) is 70.4 Å². The fraction of sp³-hybridized carbons (Fsp3) is 0.480. The number of carbonyl (C=O) groups excluding carboxylic acids is 3. The van der Waals surface area contributed by atoms with Gasteiger partial charge in [-0.15, -0.1) is 0 Å². The van der Waals surface area contributed by atoms with Crippen LogP contribution in [0.2, 0.25) is 0 Å². The van der Waals surface area contributed by atoms with E-state index in [0.29, 0.717) is 17.1 Å². The van der Waals surface area contributed by atoms with Gasteiger partial charge in [0.05, 0.1) is 19.1 Å². The molecule has 1 atom stereocenters. The second-order valence-electron chi connectivity index (χ2n) is 9.02. The lowest BCUT2D eigenvalue weighted by Gasteiger charge is -2.29. The van der Waals surface area contributed by atoms with Crippen LogP contribution in [-0.4, -0.2) is 45.7 Å². The highest BCUT2D eigenvalue weighted by atomic mass is 16.5. The van der Waals surface area contributed by atoms with Crippen molar-refractivity contribution >= 4 is 17.7 Å². The molecule has 1 saturated heterocycles. The molecule has 33 heavy (non-hydrogen) atoms. The van der Waals surface area contributed by atoms with Crippen LogP contribution in [-0.2, 0) is 26.3 Å². The topological polar surface area (TPSA) is 101 Å². The summed E-state index contributed by atoms with van der Waals surface area (Å²) in [6, 6.07) is 8.87. The number of methoxy groups -OCH3 is 1. The van der Waals surface area contributed by atoms with E-state index in [9.17, 15) is 14.4 Å². The number of nitrogens with one attached hydrogen (secondary N) is 1. The van der Waals surface area contributed by atoms with Gasteiger partial charge in [-0.25, -0.2) is 9.97 Å². The van der Waals surface area contributed by atoms with E-state index < -0.39 is 5.41 Å². The van der Waals surface area contributed by atoms with Gasteiger partial charge in [0.15, 0.2) is 0 Å². The van der Waals surface area contributed by atoms with Crippen LogP contribution in [0.4, 0.5) is 0 Å². The van der Waals surface area contributed by atoms with Crippen molar-refractivity contribution in [1.29, 1.82) is 0 Å². The van der Waals surface area contributed by atoms with Gasteiger partial charge in [-0.1, -0.05) is 25.0 Å². The summed E-state index contributed by atoms with van der Waals surface area (Å²) in [4.78, 5) is 50.0. The number of nitrogens with zero attached hydrogens (tertiary/aromatic N) is 3. The van der Waals surface area contributed by atoms with Gasteiger partial charge in [-0.3, -0.25) is 19.3 Å². The Hall–Kier alpha value is -3.29. The summed E-state index contributed by atoms with van der Waals surface area (Å²) >= 11 is 0. The van der Waals surface area contributed by atoms with Crippen molar-refractivity contribution in [3.05, 3.63) is 53.1 Å². The molecule has 1 saturated carbocycles. The molecule has 1 aliphatic heterocycles. The quantitative estimate of drug-likeness (QED) is 0.651. The summed E-state index contributed by atoms with van der Waals surface area (Å²) in [5.41, 5.74) is 1.08. The number of amides is 3. The number of hydrogen-bond acceptors (Lipinski definition) is 6. The normalized spacial score (nSPS) is 21.0. The smallest absolute Gasteiger partial charge is 0.241 e. The third kappa shape index (κ3) is 4.60. The highest BCUT2D eigenvalue weighted by Gasteiger charge is 2.55. The Bertz CT molecular complexity index is 1040. The van der Waals surface area contributed by atoms with E-state index in [2.05, 4.69) is 15.3 Å². The Morgan fingerprint density at radius 1 is 1.12 bits per heavy atom. The molecule has 0 spiro atoms. The van der Waals surface area contributed by atoms with Gasteiger partial charge in [-0.05, 0) is 50.5 Å². The summed E-state index contributed by atoms with van der Waals surface area (Å²) in [5.74, 6) is 0.369. The van der Waals surface area contributed by atoms with E-state index in [-0.39, 0.29) is 43.1 Å². The molecule has 8 heteroatoms. The number of rotatable bonds is 7. The molecule has 174 valence electrons. The highest BCUT2D eigenvalue weighted by Crippen LogP contribution is 2.43. The maximum Gasteiger partial charge on any atom is 0.241 e. The van der Waals surface area contributed by atoms with E-state index in [1.54, 1.807) is 31.4 Å². The first-order chi connectivity index (χ1) is 15.8. The number of aryl methyl sites for hydroxylation is 2. The van der Waals surface area contributed by atoms with Gasteiger partial charge < -0.3 is 10.1 Å². The lowest BCUT2D eigenvalue weighted by Crippen LogP contribution is -2.45. The maximum atomic E-state index is 13.7. The van der Waals surface area contributed by atoms with Crippen LogP contribution in [0.3, 0.4) is 0 Å². The third-order valence-corrected chi connectivity index (χ3v) is 6.62. The molecule has 1 aliphatic carbocycles. The van der Waals surface area contributed by atoms with Crippen LogP contribution in [0.15, 0.2) is 30.3 Å². The highest BCUT2D eigenvalue weighted by molar-refractivity contribution is 6.11. The largest absolute Gasteiger partial charge is 0.497 e. The molecular formula is C25H30N4O4. The average molecular weight is 451 g/mol. The third-order valence-electron chi connectivity index (χ3n) is 6.62. The Morgan fingerprint density at radius 3 is 2.36 bits per heavy atom. The minimum atomic E-state index is -1.22. The maximum absolute atomic E-state index is 13.7. The molecule has 0 radical (unpaired) electrons. The second kappa shape index (κ2) is 9.29. The monoisotopic (exact) mass is 450 g/mol. The molecule has 2 aliphatic rings. The first-order valence-corrected chi connectivity index (χ1v) is 11.4. The molecule has 2 heterocycles. The van der Waals surface area contributed by atoms with Crippen LogP contribution in [0, 0.1) is 13.8 Å². The molecule has 1 aromatic carbocycles. The zero-order valence-corrected chi connectivity index (χ0v) is 19.4. The van der Waals surface area contributed by atoms with Crippen molar-refractivity contribution in [3.63, 3.8) is 0 Å². The molecule has 3 amide bonds. The Morgan fingerprint density at radius 2 is 1.76 bits per heavy atom. The standard InChI is InChI=1S/C25H30N4O4/c1-16-12-17(2)28-21(27-16)15-26-22(30)13-25(18-8-10-20(33-3)11-9-18)14-23(31)29(24(25)32)19-6-4-5-7-19/h8-12,19H,4-7,13-15H2,1-3H3,(H,26,30). The number of benzene rings is 1. The summed E-state index contributed by atoms with van der Waals surface area (Å²) in [5, 5.41) is 2.85. The van der Waals surface area contributed by atoms with Gasteiger partial charge in [0.25, 0.3) is 0 Å². The number of ether oxygens (including phenoxy) is 1. The van der Waals surface area contributed by atoms with Crippen molar-refractivity contribution in [2.24, 2.45) is 0 Å². The molecule has 2 aromatic rings. The first-order valence-electron chi connectivity index (χ1n) is 11.4. The minimum absolute atomic E-state index is 0.0118.